The summed E-state index contributed by atoms with van der Waals surface area (Å²) in [6.45, 7) is 9.04. The fourth-order valence-corrected chi connectivity index (χ4v) is 4.94. The fourth-order valence-electron chi connectivity index (χ4n) is 4.94. The van der Waals surface area contributed by atoms with E-state index in [9.17, 15) is 9.18 Å². The minimum absolute atomic E-state index is 0.000820. The fraction of sp³-hybridized carbons (Fsp3) is 0.393. The highest BCUT2D eigenvalue weighted by Crippen LogP contribution is 2.41. The minimum atomic E-state index is -0.778. The zero-order valence-electron chi connectivity index (χ0n) is 22.2. The van der Waals surface area contributed by atoms with Gasteiger partial charge in [-0.1, -0.05) is 23.4 Å². The topological polar surface area (TPSA) is 108 Å². The number of benzene rings is 1. The van der Waals surface area contributed by atoms with Crippen LogP contribution >= 0.6 is 0 Å². The highest BCUT2D eigenvalue weighted by atomic mass is 19.1. The Morgan fingerprint density at radius 3 is 2.56 bits per heavy atom. The SMILES string of the molecule is CC1(C)OCC(CN2C(=O)C(C)(C)c3cnc(-c4cc(-c5ccon5)n(Cc5ccccc5F)n4)nc32)CO1. The maximum Gasteiger partial charge on any atom is 0.238 e. The lowest BCUT2D eigenvalue weighted by molar-refractivity contribution is -0.260. The van der Waals surface area contributed by atoms with Crippen LogP contribution in [0, 0.1) is 11.7 Å². The predicted molar refractivity (Wildman–Crippen MR) is 139 cm³/mol. The van der Waals surface area contributed by atoms with E-state index < -0.39 is 11.2 Å². The van der Waals surface area contributed by atoms with Gasteiger partial charge >= 0.3 is 0 Å². The number of fused-ring (bicyclic) bond motifs is 1. The molecule has 6 rings (SSSR count). The lowest BCUT2D eigenvalue weighted by Gasteiger charge is -2.36. The average molecular weight is 533 g/mol. The van der Waals surface area contributed by atoms with Gasteiger partial charge in [-0.15, -0.1) is 0 Å². The van der Waals surface area contributed by atoms with Gasteiger partial charge in [0.05, 0.1) is 30.9 Å². The first-order chi connectivity index (χ1) is 18.6. The number of anilines is 1. The molecule has 11 heteroatoms. The highest BCUT2D eigenvalue weighted by Gasteiger charge is 2.46. The second kappa shape index (κ2) is 9.35. The third-order valence-corrected chi connectivity index (χ3v) is 7.24. The van der Waals surface area contributed by atoms with Crippen LogP contribution in [0.15, 0.2) is 53.4 Å². The van der Waals surface area contributed by atoms with Crippen molar-refractivity contribution in [2.24, 2.45) is 5.92 Å². The molecule has 4 aromatic rings. The van der Waals surface area contributed by atoms with E-state index in [4.69, 9.17) is 24.1 Å². The van der Waals surface area contributed by atoms with E-state index in [1.165, 1.54) is 12.3 Å². The molecule has 0 unspecified atom stereocenters. The van der Waals surface area contributed by atoms with Gasteiger partial charge in [0.25, 0.3) is 0 Å². The van der Waals surface area contributed by atoms with Crippen molar-refractivity contribution < 1.29 is 23.2 Å². The van der Waals surface area contributed by atoms with Crippen LogP contribution in [-0.4, -0.2) is 56.4 Å². The molecule has 39 heavy (non-hydrogen) atoms. The summed E-state index contributed by atoms with van der Waals surface area (Å²) < 4.78 is 32.8. The zero-order chi connectivity index (χ0) is 27.4. The van der Waals surface area contributed by atoms with Crippen molar-refractivity contribution in [2.75, 3.05) is 24.7 Å². The van der Waals surface area contributed by atoms with Gasteiger partial charge in [-0.05, 0) is 39.8 Å². The maximum absolute atomic E-state index is 14.5. The molecule has 10 nitrogen and oxygen atoms in total. The molecular weight excluding hydrogens is 503 g/mol. The second-order valence-electron chi connectivity index (χ2n) is 10.9. The number of ether oxygens (including phenoxy) is 2. The first kappa shape index (κ1) is 25.3. The molecule has 0 bridgehead atoms. The van der Waals surface area contributed by atoms with Crippen LogP contribution in [0.5, 0.6) is 0 Å². The van der Waals surface area contributed by atoms with Crippen molar-refractivity contribution in [3.8, 4) is 22.9 Å². The van der Waals surface area contributed by atoms with Crippen molar-refractivity contribution in [3.63, 3.8) is 0 Å². The summed E-state index contributed by atoms with van der Waals surface area (Å²) in [7, 11) is 0. The molecular formula is C28H29FN6O4. The number of carbonyl (C=O) groups excluding carboxylic acids is 1. The Hall–Kier alpha value is -3.96. The maximum atomic E-state index is 14.5. The number of rotatable bonds is 6. The smallest absolute Gasteiger partial charge is 0.238 e. The van der Waals surface area contributed by atoms with Crippen LogP contribution in [0.3, 0.4) is 0 Å². The monoisotopic (exact) mass is 532 g/mol. The second-order valence-corrected chi connectivity index (χ2v) is 10.9. The molecule has 0 atom stereocenters. The molecule has 1 saturated heterocycles. The van der Waals surface area contributed by atoms with Crippen LogP contribution in [0.25, 0.3) is 22.9 Å². The van der Waals surface area contributed by atoms with Gasteiger partial charge in [-0.2, -0.15) is 5.10 Å². The Balaban J connectivity index is 1.36. The Morgan fingerprint density at radius 2 is 1.85 bits per heavy atom. The molecule has 0 radical (unpaired) electrons. The average Bonchev–Trinajstić information content (AvgIpc) is 3.62. The van der Waals surface area contributed by atoms with Gasteiger partial charge in [-0.25, -0.2) is 14.4 Å². The van der Waals surface area contributed by atoms with Crippen molar-refractivity contribution >= 4 is 11.7 Å². The number of amides is 1. The molecule has 202 valence electrons. The van der Waals surface area contributed by atoms with Gasteiger partial charge in [0.2, 0.25) is 5.91 Å². The molecule has 3 aromatic heterocycles. The molecule has 1 aromatic carbocycles. The third-order valence-electron chi connectivity index (χ3n) is 7.24. The summed E-state index contributed by atoms with van der Waals surface area (Å²) in [6.07, 6.45) is 3.16. The summed E-state index contributed by atoms with van der Waals surface area (Å²) in [5.74, 6) is -0.126. The van der Waals surface area contributed by atoms with Crippen LogP contribution in [-0.2, 0) is 26.2 Å². The molecule has 2 aliphatic rings. The Bertz CT molecular complexity index is 1520. The normalized spacial score (nSPS) is 18.5. The summed E-state index contributed by atoms with van der Waals surface area (Å²) in [5, 5.41) is 8.76. The highest BCUT2D eigenvalue weighted by molar-refractivity contribution is 6.06. The van der Waals surface area contributed by atoms with Crippen molar-refractivity contribution in [3.05, 3.63) is 65.8 Å². The van der Waals surface area contributed by atoms with Gasteiger partial charge < -0.3 is 14.0 Å². The Labute approximate surface area is 224 Å². The molecule has 1 fully saturated rings. The van der Waals surface area contributed by atoms with Crippen LogP contribution in [0.1, 0.15) is 38.8 Å². The van der Waals surface area contributed by atoms with Crippen molar-refractivity contribution in [1.82, 2.24) is 24.9 Å². The van der Waals surface area contributed by atoms with E-state index in [1.54, 1.807) is 46.1 Å². The largest absolute Gasteiger partial charge is 0.364 e. The lowest BCUT2D eigenvalue weighted by atomic mass is 9.88. The lowest BCUT2D eigenvalue weighted by Crippen LogP contribution is -2.46. The molecule has 0 saturated carbocycles. The summed E-state index contributed by atoms with van der Waals surface area (Å²) >= 11 is 0. The van der Waals surface area contributed by atoms with Gasteiger partial charge in [-0.3, -0.25) is 14.4 Å². The number of halogens is 1. The Kier molecular flexibility index (Phi) is 6.07. The molecule has 5 heterocycles. The minimum Gasteiger partial charge on any atom is -0.364 e. The number of aromatic nitrogens is 5. The number of nitrogens with zero attached hydrogens (tertiary/aromatic N) is 6. The third kappa shape index (κ3) is 4.61. The summed E-state index contributed by atoms with van der Waals surface area (Å²) in [5.41, 5.74) is 2.08. The summed E-state index contributed by atoms with van der Waals surface area (Å²) in [4.78, 5) is 24.6. The van der Waals surface area contributed by atoms with E-state index in [0.29, 0.717) is 54.0 Å². The van der Waals surface area contributed by atoms with E-state index in [1.807, 2.05) is 27.7 Å². The molecule has 1 amide bonds. The Morgan fingerprint density at radius 1 is 1.08 bits per heavy atom. The number of hydrogen-bond donors (Lipinski definition) is 0. The van der Waals surface area contributed by atoms with Gasteiger partial charge in [0.15, 0.2) is 11.6 Å². The molecule has 0 spiro atoms. The van der Waals surface area contributed by atoms with E-state index in [-0.39, 0.29) is 24.2 Å². The van der Waals surface area contributed by atoms with E-state index in [0.717, 1.165) is 5.56 Å². The number of hydrogen-bond acceptors (Lipinski definition) is 8. The molecule has 0 aliphatic carbocycles. The van der Waals surface area contributed by atoms with Gasteiger partial charge in [0.1, 0.15) is 29.3 Å². The van der Waals surface area contributed by atoms with Crippen molar-refractivity contribution in [1.29, 1.82) is 0 Å². The number of carbonyl (C=O) groups is 1. The standard InChI is InChI=1S/C28H29FN6O4/c1-27(2)19-12-30-24(31-25(19)34(26(27)36)13-17-15-37-28(3,4)38-16-17)22-11-23(21-9-10-39-33-21)35(32-22)14-18-7-5-6-8-20(18)29/h5-12,17H,13-16H2,1-4H3. The molecule has 2 aliphatic heterocycles. The van der Waals surface area contributed by atoms with Gasteiger partial charge in [0, 0.05) is 35.9 Å². The quantitative estimate of drug-likeness (QED) is 0.364. The summed E-state index contributed by atoms with van der Waals surface area (Å²) in [6, 6.07) is 10.0. The molecule has 0 N–H and O–H groups in total. The first-order valence-corrected chi connectivity index (χ1v) is 12.8. The van der Waals surface area contributed by atoms with E-state index >= 15 is 0 Å². The zero-order valence-corrected chi connectivity index (χ0v) is 22.2. The predicted octanol–water partition coefficient (Wildman–Crippen LogP) is 4.21. The van der Waals surface area contributed by atoms with Crippen LogP contribution < -0.4 is 4.90 Å². The van der Waals surface area contributed by atoms with E-state index in [2.05, 4.69) is 10.1 Å². The first-order valence-electron chi connectivity index (χ1n) is 12.8. The van der Waals surface area contributed by atoms with Crippen LogP contribution in [0.4, 0.5) is 10.2 Å². The van der Waals surface area contributed by atoms with Crippen molar-refractivity contribution in [2.45, 2.75) is 45.4 Å². The van der Waals surface area contributed by atoms with Crippen LogP contribution in [0.2, 0.25) is 0 Å².